The Balaban J connectivity index is 2.52. The van der Waals surface area contributed by atoms with Crippen molar-refractivity contribution in [3.63, 3.8) is 0 Å². The number of aryl methyl sites for hydroxylation is 1. The Morgan fingerprint density at radius 2 is 2.07 bits per heavy atom. The van der Waals surface area contributed by atoms with Gasteiger partial charge in [0.2, 0.25) is 0 Å². The van der Waals surface area contributed by atoms with Crippen molar-refractivity contribution in [2.75, 3.05) is 7.11 Å². The fraction of sp³-hybridized carbons (Fsp3) is 0.542. The molecule has 160 valence electrons. The second-order valence-electron chi connectivity index (χ2n) is 8.13. The highest BCUT2D eigenvalue weighted by atomic mass is 16.5. The maximum atomic E-state index is 11.6. The van der Waals surface area contributed by atoms with Crippen molar-refractivity contribution >= 4 is 6.09 Å². The molecule has 1 amide bonds. The molecule has 0 saturated heterocycles. The number of carbonyl (C=O) groups is 1. The molecule has 2 rings (SSSR count). The van der Waals surface area contributed by atoms with Crippen molar-refractivity contribution < 1.29 is 19.7 Å². The minimum absolute atomic E-state index is 0.0649. The summed E-state index contributed by atoms with van der Waals surface area (Å²) in [4.78, 5) is 11.6. The minimum atomic E-state index is -0.549. The Hall–Kier alpha value is -2.43. The van der Waals surface area contributed by atoms with Gasteiger partial charge in [0.25, 0.3) is 0 Å². The summed E-state index contributed by atoms with van der Waals surface area (Å²) in [7, 11) is 1.31. The summed E-state index contributed by atoms with van der Waals surface area (Å²) >= 11 is 0. The van der Waals surface area contributed by atoms with Crippen LogP contribution in [0.4, 0.5) is 4.79 Å². The summed E-state index contributed by atoms with van der Waals surface area (Å²) in [6, 6.07) is 1.76. The summed E-state index contributed by atoms with van der Waals surface area (Å²) in [5.74, 6) is 0.193. The van der Waals surface area contributed by atoms with E-state index < -0.39 is 6.09 Å². The van der Waals surface area contributed by atoms with Crippen molar-refractivity contribution in [2.45, 2.75) is 71.8 Å². The third kappa shape index (κ3) is 5.55. The molecule has 0 aliphatic heterocycles. The predicted octanol–water partition coefficient (Wildman–Crippen LogP) is 5.70. The van der Waals surface area contributed by atoms with E-state index in [1.165, 1.54) is 12.7 Å². The molecule has 1 aromatic carbocycles. The van der Waals surface area contributed by atoms with Gasteiger partial charge in [-0.05, 0) is 57.1 Å². The van der Waals surface area contributed by atoms with E-state index in [0.29, 0.717) is 11.1 Å². The largest absolute Gasteiger partial charge is 0.507 e. The van der Waals surface area contributed by atoms with Crippen LogP contribution in [-0.4, -0.2) is 23.4 Å². The zero-order valence-electron chi connectivity index (χ0n) is 18.2. The van der Waals surface area contributed by atoms with Gasteiger partial charge >= 0.3 is 6.09 Å². The van der Waals surface area contributed by atoms with Crippen LogP contribution in [-0.2, 0) is 17.7 Å². The fourth-order valence-corrected chi connectivity index (χ4v) is 4.22. The molecule has 3 N–H and O–H groups in total. The van der Waals surface area contributed by atoms with E-state index >= 15 is 0 Å². The number of alkyl carbamates (subject to hydrolysis) is 1. The number of unbranched alkanes of at least 4 members (excludes halogenated alkanes) is 2. The average molecular weight is 402 g/mol. The van der Waals surface area contributed by atoms with Gasteiger partial charge in [0.1, 0.15) is 11.5 Å². The standard InChI is InChI=1S/C24H35NO4/c1-6-7-8-9-17-13-21(26)22(23(27)20(17)14-25-24(28)29-5)19-12-16(4)10-11-18(19)15(2)3/h12-13,18-19,26-27H,2,6-11,14H2,1,3-5H3,(H,25,28). The van der Waals surface area contributed by atoms with Crippen molar-refractivity contribution in [1.29, 1.82) is 0 Å². The van der Waals surface area contributed by atoms with Gasteiger partial charge in [-0.2, -0.15) is 0 Å². The van der Waals surface area contributed by atoms with Crippen molar-refractivity contribution in [3.8, 4) is 11.5 Å². The van der Waals surface area contributed by atoms with Gasteiger partial charge in [0.15, 0.2) is 0 Å². The van der Waals surface area contributed by atoms with Crippen LogP contribution in [0.1, 0.15) is 75.5 Å². The molecule has 5 nitrogen and oxygen atoms in total. The summed E-state index contributed by atoms with van der Waals surface area (Å²) in [5.41, 5.74) is 4.32. The lowest BCUT2D eigenvalue weighted by Gasteiger charge is -2.32. The maximum Gasteiger partial charge on any atom is 0.407 e. The van der Waals surface area contributed by atoms with Crippen LogP contribution in [0.3, 0.4) is 0 Å². The zero-order valence-corrected chi connectivity index (χ0v) is 18.2. The number of methoxy groups -OCH3 is 1. The van der Waals surface area contributed by atoms with Crippen molar-refractivity contribution in [2.24, 2.45) is 5.92 Å². The minimum Gasteiger partial charge on any atom is -0.507 e. The van der Waals surface area contributed by atoms with E-state index in [1.54, 1.807) is 6.07 Å². The summed E-state index contributed by atoms with van der Waals surface area (Å²) in [5, 5.41) is 24.8. The van der Waals surface area contributed by atoms with Crippen LogP contribution in [0.25, 0.3) is 0 Å². The average Bonchev–Trinajstić information content (AvgIpc) is 2.67. The van der Waals surface area contributed by atoms with Crippen LogP contribution in [0.15, 0.2) is 29.9 Å². The SMILES string of the molecule is C=C(C)C1CCC(C)=CC1c1c(O)cc(CCCCC)c(CNC(=O)OC)c1O. The topological polar surface area (TPSA) is 78.8 Å². The third-order valence-corrected chi connectivity index (χ3v) is 5.87. The quantitative estimate of drug-likeness (QED) is 0.385. The Labute approximate surface area is 174 Å². The van der Waals surface area contributed by atoms with Crippen LogP contribution in [0.2, 0.25) is 0 Å². The van der Waals surface area contributed by atoms with Gasteiger partial charge in [-0.25, -0.2) is 4.79 Å². The smallest absolute Gasteiger partial charge is 0.407 e. The van der Waals surface area contributed by atoms with Gasteiger partial charge in [0, 0.05) is 17.0 Å². The number of aromatic hydroxyl groups is 2. The second-order valence-corrected chi connectivity index (χ2v) is 8.13. The van der Waals surface area contributed by atoms with Gasteiger partial charge in [0.05, 0.1) is 13.7 Å². The highest BCUT2D eigenvalue weighted by molar-refractivity contribution is 5.67. The van der Waals surface area contributed by atoms with Crippen molar-refractivity contribution in [3.05, 3.63) is 46.6 Å². The van der Waals surface area contributed by atoms with Crippen LogP contribution in [0.5, 0.6) is 11.5 Å². The van der Waals surface area contributed by atoms with Gasteiger partial charge in [-0.1, -0.05) is 43.6 Å². The van der Waals surface area contributed by atoms with Crippen LogP contribution in [0, 0.1) is 5.92 Å². The molecule has 2 atom stereocenters. The number of hydrogen-bond acceptors (Lipinski definition) is 4. The van der Waals surface area contributed by atoms with Gasteiger partial charge in [-0.15, -0.1) is 0 Å². The van der Waals surface area contributed by atoms with Crippen LogP contribution < -0.4 is 5.32 Å². The molecule has 0 fully saturated rings. The number of hydrogen-bond donors (Lipinski definition) is 3. The van der Waals surface area contributed by atoms with Crippen molar-refractivity contribution in [1.82, 2.24) is 5.32 Å². The Morgan fingerprint density at radius 3 is 2.69 bits per heavy atom. The number of rotatable bonds is 8. The number of carbonyl (C=O) groups excluding carboxylic acids is 1. The number of allylic oxidation sites excluding steroid dienone is 3. The molecular formula is C24H35NO4. The molecule has 0 heterocycles. The third-order valence-electron chi connectivity index (χ3n) is 5.87. The number of ether oxygens (including phenoxy) is 1. The molecule has 2 unspecified atom stereocenters. The van der Waals surface area contributed by atoms with Gasteiger partial charge < -0.3 is 20.3 Å². The molecule has 1 aliphatic carbocycles. The normalized spacial score (nSPS) is 18.8. The highest BCUT2D eigenvalue weighted by Gasteiger charge is 2.31. The fourth-order valence-electron chi connectivity index (χ4n) is 4.22. The molecule has 0 bridgehead atoms. The summed E-state index contributed by atoms with van der Waals surface area (Å²) < 4.78 is 4.68. The number of phenols is 2. The van der Waals surface area contributed by atoms with E-state index in [0.717, 1.165) is 49.7 Å². The Bertz CT molecular complexity index is 782. The highest BCUT2D eigenvalue weighted by Crippen LogP contribution is 2.48. The molecule has 0 aromatic heterocycles. The zero-order chi connectivity index (χ0) is 21.6. The first-order valence-electron chi connectivity index (χ1n) is 10.5. The molecule has 0 radical (unpaired) electrons. The Morgan fingerprint density at radius 1 is 1.34 bits per heavy atom. The first kappa shape index (κ1) is 22.9. The molecule has 0 saturated carbocycles. The number of benzene rings is 1. The maximum absolute atomic E-state index is 11.6. The van der Waals surface area contributed by atoms with E-state index in [2.05, 4.69) is 36.6 Å². The summed E-state index contributed by atoms with van der Waals surface area (Å²) in [6.07, 6.45) is 7.34. The molecule has 1 aromatic rings. The molecule has 29 heavy (non-hydrogen) atoms. The Kier molecular flexibility index (Phi) is 8.18. The van der Waals surface area contributed by atoms with E-state index in [9.17, 15) is 15.0 Å². The lowest BCUT2D eigenvalue weighted by atomic mass is 9.73. The lowest BCUT2D eigenvalue weighted by Crippen LogP contribution is -2.24. The molecule has 1 aliphatic rings. The summed E-state index contributed by atoms with van der Waals surface area (Å²) in [6.45, 7) is 10.5. The van der Waals surface area contributed by atoms with Gasteiger partial charge in [-0.3, -0.25) is 0 Å². The second kappa shape index (κ2) is 10.4. The monoisotopic (exact) mass is 401 g/mol. The van der Waals surface area contributed by atoms with E-state index in [1.807, 2.05) is 6.92 Å². The first-order chi connectivity index (χ1) is 13.8. The predicted molar refractivity (Wildman–Crippen MR) is 116 cm³/mol. The van der Waals surface area contributed by atoms with E-state index in [4.69, 9.17) is 0 Å². The molecule has 0 spiro atoms. The number of amides is 1. The molecule has 5 heteroatoms. The lowest BCUT2D eigenvalue weighted by molar-refractivity contribution is 0.170. The number of phenolic OH excluding ortho intramolecular Hbond substituents is 2. The first-order valence-corrected chi connectivity index (χ1v) is 10.5. The van der Waals surface area contributed by atoms with Crippen LogP contribution >= 0.6 is 0 Å². The van der Waals surface area contributed by atoms with E-state index in [-0.39, 0.29) is 29.9 Å². The molecular weight excluding hydrogens is 366 g/mol. The number of nitrogens with one attached hydrogen (secondary N) is 1.